The second kappa shape index (κ2) is 11.0. The van der Waals surface area contributed by atoms with Crippen molar-refractivity contribution in [3.05, 3.63) is 63.1 Å². The molecule has 10 heteroatoms. The van der Waals surface area contributed by atoms with E-state index < -0.39 is 23.6 Å². The van der Waals surface area contributed by atoms with E-state index in [9.17, 15) is 19.2 Å². The molecule has 1 atom stereocenters. The minimum absolute atomic E-state index is 0.185. The van der Waals surface area contributed by atoms with E-state index in [0.29, 0.717) is 33.9 Å². The van der Waals surface area contributed by atoms with Crippen molar-refractivity contribution in [3.8, 4) is 0 Å². The number of thioether (sulfide) groups is 1. The summed E-state index contributed by atoms with van der Waals surface area (Å²) in [6, 6.07) is 6.02. The van der Waals surface area contributed by atoms with Crippen LogP contribution in [-0.4, -0.2) is 40.4 Å². The Hall–Kier alpha value is -3.27. The minimum atomic E-state index is -0.684. The van der Waals surface area contributed by atoms with E-state index in [-0.39, 0.29) is 18.0 Å². The highest BCUT2D eigenvalue weighted by atomic mass is 32.2. The second-order valence-corrected chi connectivity index (χ2v) is 10.4. The smallest absolute Gasteiger partial charge is 0.408 e. The number of aromatic nitrogens is 1. The molecule has 3 amide bonds. The maximum atomic E-state index is 13.5. The highest BCUT2D eigenvalue weighted by molar-refractivity contribution is 7.99. The zero-order valence-electron chi connectivity index (χ0n) is 20.5. The second-order valence-electron chi connectivity index (χ2n) is 9.40. The molecule has 0 bridgehead atoms. The number of pyridine rings is 1. The van der Waals surface area contributed by atoms with Crippen molar-refractivity contribution >= 4 is 29.7 Å². The van der Waals surface area contributed by atoms with Gasteiger partial charge in [0, 0.05) is 29.0 Å². The molecule has 1 aliphatic rings. The average molecular weight is 501 g/mol. The molecule has 2 heterocycles. The Bertz CT molecular complexity index is 1170. The molecule has 188 valence electrons. The lowest BCUT2D eigenvalue weighted by Gasteiger charge is -2.22. The van der Waals surface area contributed by atoms with Crippen molar-refractivity contribution in [1.29, 1.82) is 0 Å². The highest BCUT2D eigenvalue weighted by Crippen LogP contribution is 2.38. The average Bonchev–Trinajstić information content (AvgIpc) is 3.18. The zero-order valence-corrected chi connectivity index (χ0v) is 21.3. The van der Waals surface area contributed by atoms with Crippen LogP contribution in [0.4, 0.5) is 4.79 Å². The molecular weight excluding hydrogens is 468 g/mol. The lowest BCUT2D eigenvalue weighted by Crippen LogP contribution is -2.38. The van der Waals surface area contributed by atoms with E-state index in [2.05, 4.69) is 10.6 Å². The number of carbonyl (C=O) groups is 3. The van der Waals surface area contributed by atoms with E-state index in [4.69, 9.17) is 10.5 Å². The van der Waals surface area contributed by atoms with Crippen LogP contribution in [0, 0.1) is 0 Å². The van der Waals surface area contributed by atoms with Crippen LogP contribution in [0.2, 0.25) is 0 Å². The number of unbranched alkanes of at least 4 members (excludes halogenated alkanes) is 1. The Morgan fingerprint density at radius 1 is 1.20 bits per heavy atom. The fourth-order valence-corrected chi connectivity index (χ4v) is 4.94. The molecule has 1 aromatic heterocycles. The van der Waals surface area contributed by atoms with E-state index in [1.54, 1.807) is 51.2 Å². The monoisotopic (exact) mass is 500 g/mol. The Morgan fingerprint density at radius 2 is 1.89 bits per heavy atom. The van der Waals surface area contributed by atoms with Crippen LogP contribution in [0.15, 0.2) is 40.2 Å². The first-order valence-electron chi connectivity index (χ1n) is 11.6. The molecule has 0 saturated carbocycles. The summed E-state index contributed by atoms with van der Waals surface area (Å²) in [5.41, 5.74) is 6.22. The standard InChI is InChI=1S/C25H32N4O5S/c1-5-6-11-27-22(31)17-13-29(12-15-7-9-16(10-8-15)21(26)30)23(32)19-18(14-35-20(17)19)28-24(33)34-25(2,3)4/h7-10,13,18H,5-6,11-12,14H2,1-4H3,(H2,26,30)(H,27,31)(H,28,33)/t18-/m0/s1. The number of primary amides is 1. The summed E-state index contributed by atoms with van der Waals surface area (Å²) in [6.07, 6.45) is 2.72. The van der Waals surface area contributed by atoms with Gasteiger partial charge in [-0.1, -0.05) is 25.5 Å². The van der Waals surface area contributed by atoms with E-state index >= 15 is 0 Å². The summed E-state index contributed by atoms with van der Waals surface area (Å²) < 4.78 is 6.83. The molecule has 0 fully saturated rings. The van der Waals surface area contributed by atoms with Gasteiger partial charge in [-0.25, -0.2) is 4.79 Å². The summed E-state index contributed by atoms with van der Waals surface area (Å²) >= 11 is 1.37. The van der Waals surface area contributed by atoms with Gasteiger partial charge in [-0.05, 0) is 44.9 Å². The number of carbonyl (C=O) groups excluding carboxylic acids is 3. The number of rotatable bonds is 8. The largest absolute Gasteiger partial charge is 0.444 e. The fraction of sp³-hybridized carbons (Fsp3) is 0.440. The van der Waals surface area contributed by atoms with E-state index in [0.717, 1.165) is 18.4 Å². The first kappa shape index (κ1) is 26.3. The molecule has 35 heavy (non-hydrogen) atoms. The molecule has 2 aromatic rings. The van der Waals surface area contributed by atoms with Crippen LogP contribution < -0.4 is 21.9 Å². The minimum Gasteiger partial charge on any atom is -0.444 e. The van der Waals surface area contributed by atoms with Gasteiger partial charge in [-0.2, -0.15) is 0 Å². The van der Waals surface area contributed by atoms with Crippen LogP contribution in [0.5, 0.6) is 0 Å². The third kappa shape index (κ3) is 6.66. The molecule has 0 saturated heterocycles. The molecule has 0 spiro atoms. The van der Waals surface area contributed by atoms with Crippen LogP contribution >= 0.6 is 11.8 Å². The number of amides is 3. The molecule has 0 unspecified atom stereocenters. The maximum absolute atomic E-state index is 13.5. The van der Waals surface area contributed by atoms with Crippen molar-refractivity contribution in [2.75, 3.05) is 12.3 Å². The fourth-order valence-electron chi connectivity index (χ4n) is 3.67. The van der Waals surface area contributed by atoms with E-state index in [1.165, 1.54) is 16.3 Å². The van der Waals surface area contributed by atoms with Crippen LogP contribution in [0.3, 0.4) is 0 Å². The van der Waals surface area contributed by atoms with Gasteiger partial charge in [-0.15, -0.1) is 11.8 Å². The summed E-state index contributed by atoms with van der Waals surface area (Å²) in [7, 11) is 0. The number of alkyl carbamates (subject to hydrolysis) is 1. The zero-order chi connectivity index (χ0) is 25.8. The van der Waals surface area contributed by atoms with Gasteiger partial charge in [0.25, 0.3) is 11.5 Å². The topological polar surface area (TPSA) is 133 Å². The number of nitrogens with one attached hydrogen (secondary N) is 2. The van der Waals surface area contributed by atoms with Crippen molar-refractivity contribution in [1.82, 2.24) is 15.2 Å². The van der Waals surface area contributed by atoms with Crippen LogP contribution in [0.25, 0.3) is 0 Å². The third-order valence-electron chi connectivity index (χ3n) is 5.35. The molecule has 3 rings (SSSR count). The third-order valence-corrected chi connectivity index (χ3v) is 6.58. The van der Waals surface area contributed by atoms with Crippen molar-refractivity contribution in [2.24, 2.45) is 5.73 Å². The molecule has 1 aromatic carbocycles. The first-order valence-corrected chi connectivity index (χ1v) is 12.5. The molecule has 4 N–H and O–H groups in total. The SMILES string of the molecule is CCCCNC(=O)c1cn(Cc2ccc(C(N)=O)cc2)c(=O)c2c1SC[C@@H]2NC(=O)OC(C)(C)C. The van der Waals surface area contributed by atoms with Crippen molar-refractivity contribution < 1.29 is 19.1 Å². The first-order chi connectivity index (χ1) is 16.5. The van der Waals surface area contributed by atoms with Gasteiger partial charge in [0.15, 0.2) is 0 Å². The van der Waals surface area contributed by atoms with Gasteiger partial charge >= 0.3 is 6.09 Å². The summed E-state index contributed by atoms with van der Waals surface area (Å²) in [5, 5.41) is 5.70. The van der Waals surface area contributed by atoms with Gasteiger partial charge < -0.3 is 25.7 Å². The predicted molar refractivity (Wildman–Crippen MR) is 135 cm³/mol. The molecule has 0 radical (unpaired) electrons. The number of ether oxygens (including phenoxy) is 1. The van der Waals surface area contributed by atoms with Crippen LogP contribution in [0.1, 0.15) is 78.4 Å². The molecule has 1 aliphatic heterocycles. The Morgan fingerprint density at radius 3 is 2.49 bits per heavy atom. The molecule has 9 nitrogen and oxygen atoms in total. The van der Waals surface area contributed by atoms with E-state index in [1.807, 2.05) is 6.92 Å². The van der Waals surface area contributed by atoms with Crippen molar-refractivity contribution in [2.45, 2.75) is 63.6 Å². The molecule has 0 aliphatic carbocycles. The number of hydrogen-bond acceptors (Lipinski definition) is 6. The quantitative estimate of drug-likeness (QED) is 0.477. The highest BCUT2D eigenvalue weighted by Gasteiger charge is 2.34. The summed E-state index contributed by atoms with van der Waals surface area (Å²) in [5.74, 6) is -0.389. The lowest BCUT2D eigenvalue weighted by atomic mass is 10.1. The lowest BCUT2D eigenvalue weighted by molar-refractivity contribution is 0.0508. The van der Waals surface area contributed by atoms with Gasteiger partial charge in [0.1, 0.15) is 5.60 Å². The Balaban J connectivity index is 1.98. The maximum Gasteiger partial charge on any atom is 0.408 e. The Labute approximate surface area is 208 Å². The number of hydrogen-bond donors (Lipinski definition) is 3. The number of fused-ring (bicyclic) bond motifs is 1. The summed E-state index contributed by atoms with van der Waals surface area (Å²) in [4.78, 5) is 50.9. The summed E-state index contributed by atoms with van der Waals surface area (Å²) in [6.45, 7) is 8.04. The number of benzene rings is 1. The van der Waals surface area contributed by atoms with Crippen LogP contribution in [-0.2, 0) is 11.3 Å². The van der Waals surface area contributed by atoms with Gasteiger partial charge in [0.2, 0.25) is 5.91 Å². The predicted octanol–water partition coefficient (Wildman–Crippen LogP) is 3.20. The van der Waals surface area contributed by atoms with Gasteiger partial charge in [-0.3, -0.25) is 14.4 Å². The van der Waals surface area contributed by atoms with Crippen molar-refractivity contribution in [3.63, 3.8) is 0 Å². The number of nitrogens with zero attached hydrogens (tertiary/aromatic N) is 1. The number of nitrogens with two attached hydrogens (primary N) is 1. The molecular formula is C25H32N4O5S. The van der Waals surface area contributed by atoms with Gasteiger partial charge in [0.05, 0.1) is 23.7 Å². The Kier molecular flexibility index (Phi) is 8.26. The normalized spacial score (nSPS) is 14.8.